The summed E-state index contributed by atoms with van der Waals surface area (Å²) in [6, 6.07) is 7.57. The summed E-state index contributed by atoms with van der Waals surface area (Å²) in [5, 5.41) is 0. The van der Waals surface area contributed by atoms with Gasteiger partial charge in [-0.05, 0) is 31.0 Å². The van der Waals surface area contributed by atoms with E-state index in [-0.39, 0.29) is 18.3 Å². The number of benzene rings is 1. The van der Waals surface area contributed by atoms with Crippen molar-refractivity contribution in [3.63, 3.8) is 0 Å². The van der Waals surface area contributed by atoms with E-state index in [4.69, 9.17) is 4.74 Å². The van der Waals surface area contributed by atoms with Crippen molar-refractivity contribution in [3.05, 3.63) is 29.8 Å². The van der Waals surface area contributed by atoms with Crippen LogP contribution in [0.4, 0.5) is 0 Å². The molecule has 134 valence electrons. The Morgan fingerprint density at radius 3 is 2.33 bits per heavy atom. The first kappa shape index (κ1) is 20.0. The fourth-order valence-electron chi connectivity index (χ4n) is 2.40. The van der Waals surface area contributed by atoms with Crippen LogP contribution in [-0.4, -0.2) is 43.6 Å². The Labute approximate surface area is 144 Å². The molecule has 0 bridgehead atoms. The minimum atomic E-state index is -0.288. The average molecular weight is 335 g/mol. The molecule has 1 amide bonds. The molecule has 0 aromatic heterocycles. The first-order valence-corrected chi connectivity index (χ1v) is 8.67. The summed E-state index contributed by atoms with van der Waals surface area (Å²) >= 11 is 0. The minimum Gasteiger partial charge on any atom is -0.494 e. The second kappa shape index (κ2) is 11.5. The van der Waals surface area contributed by atoms with Crippen LogP contribution in [0.1, 0.15) is 45.1 Å². The molecule has 0 saturated heterocycles. The van der Waals surface area contributed by atoms with Gasteiger partial charge < -0.3 is 14.4 Å². The van der Waals surface area contributed by atoms with Crippen LogP contribution < -0.4 is 4.74 Å². The van der Waals surface area contributed by atoms with E-state index in [2.05, 4.69) is 11.7 Å². The number of unbranched alkanes of at least 4 members (excludes halogenated alkanes) is 2. The first-order chi connectivity index (χ1) is 11.6. The summed E-state index contributed by atoms with van der Waals surface area (Å²) in [7, 11) is 1.37. The summed E-state index contributed by atoms with van der Waals surface area (Å²) in [5.74, 6) is 0.558. The third-order valence-corrected chi connectivity index (χ3v) is 3.79. The minimum absolute atomic E-state index is 0.0409. The van der Waals surface area contributed by atoms with Crippen LogP contribution >= 0.6 is 0 Å². The number of esters is 1. The van der Waals surface area contributed by atoms with Crippen LogP contribution in [0.25, 0.3) is 0 Å². The van der Waals surface area contributed by atoms with Crippen LogP contribution in [0.15, 0.2) is 24.3 Å². The lowest BCUT2D eigenvalue weighted by Crippen LogP contribution is -2.35. The molecule has 0 unspecified atom stereocenters. The van der Waals surface area contributed by atoms with Gasteiger partial charge in [0.05, 0.1) is 26.6 Å². The molecule has 0 saturated carbocycles. The van der Waals surface area contributed by atoms with E-state index in [1.165, 1.54) is 7.11 Å². The number of methoxy groups -OCH3 is 1. The van der Waals surface area contributed by atoms with E-state index in [1.807, 2.05) is 31.2 Å². The van der Waals surface area contributed by atoms with E-state index in [1.54, 1.807) is 4.90 Å². The van der Waals surface area contributed by atoms with Gasteiger partial charge >= 0.3 is 5.97 Å². The molecule has 0 atom stereocenters. The van der Waals surface area contributed by atoms with Crippen molar-refractivity contribution in [1.29, 1.82) is 0 Å². The third kappa shape index (κ3) is 7.49. The van der Waals surface area contributed by atoms with Gasteiger partial charge in [-0.25, -0.2) is 0 Å². The zero-order valence-corrected chi connectivity index (χ0v) is 15.0. The summed E-state index contributed by atoms with van der Waals surface area (Å²) in [4.78, 5) is 25.7. The molecule has 0 aliphatic heterocycles. The molecule has 5 heteroatoms. The Balaban J connectivity index is 2.62. The van der Waals surface area contributed by atoms with Gasteiger partial charge in [0.2, 0.25) is 5.91 Å². The van der Waals surface area contributed by atoms with Crippen molar-refractivity contribution in [3.8, 4) is 5.75 Å². The molecule has 0 spiro atoms. The lowest BCUT2D eigenvalue weighted by atomic mass is 10.1. The molecule has 0 aliphatic carbocycles. The van der Waals surface area contributed by atoms with Crippen LogP contribution in [0.5, 0.6) is 5.75 Å². The molecular weight excluding hydrogens is 306 g/mol. The van der Waals surface area contributed by atoms with E-state index in [0.29, 0.717) is 26.1 Å². The standard InChI is InChI=1S/C19H29NO4/c1-4-6-7-13-20(14-12-19(22)23-3)18(21)15-16-8-10-17(11-9-16)24-5-2/h8-11H,4-7,12-15H2,1-3H3. The largest absolute Gasteiger partial charge is 0.494 e. The number of carbonyl (C=O) groups excluding carboxylic acids is 2. The van der Waals surface area contributed by atoms with Crippen LogP contribution in [0.3, 0.4) is 0 Å². The normalized spacial score (nSPS) is 10.3. The Kier molecular flexibility index (Phi) is 9.58. The molecule has 1 aromatic rings. The molecule has 24 heavy (non-hydrogen) atoms. The quantitative estimate of drug-likeness (QED) is 0.460. The van der Waals surface area contributed by atoms with Crippen molar-refractivity contribution in [2.75, 3.05) is 26.8 Å². The van der Waals surface area contributed by atoms with E-state index in [9.17, 15) is 9.59 Å². The maximum absolute atomic E-state index is 12.6. The number of nitrogens with zero attached hydrogens (tertiary/aromatic N) is 1. The summed E-state index contributed by atoms with van der Waals surface area (Å²) < 4.78 is 10.1. The van der Waals surface area contributed by atoms with Gasteiger partial charge in [-0.15, -0.1) is 0 Å². The zero-order valence-electron chi connectivity index (χ0n) is 15.0. The topological polar surface area (TPSA) is 55.8 Å². The number of hydrogen-bond donors (Lipinski definition) is 0. The van der Waals surface area contributed by atoms with E-state index < -0.39 is 0 Å². The van der Waals surface area contributed by atoms with Crippen LogP contribution in [0, 0.1) is 0 Å². The highest BCUT2D eigenvalue weighted by Gasteiger charge is 2.15. The summed E-state index contributed by atoms with van der Waals surface area (Å²) in [6.45, 7) is 5.78. The molecule has 0 fully saturated rings. The fraction of sp³-hybridized carbons (Fsp3) is 0.579. The molecule has 0 radical (unpaired) electrons. The fourth-order valence-corrected chi connectivity index (χ4v) is 2.40. The maximum atomic E-state index is 12.6. The number of ether oxygens (including phenoxy) is 2. The highest BCUT2D eigenvalue weighted by atomic mass is 16.5. The summed E-state index contributed by atoms with van der Waals surface area (Å²) in [6.07, 6.45) is 3.69. The average Bonchev–Trinajstić information content (AvgIpc) is 2.59. The molecule has 0 N–H and O–H groups in total. The highest BCUT2D eigenvalue weighted by molar-refractivity contribution is 5.79. The molecule has 0 aliphatic rings. The lowest BCUT2D eigenvalue weighted by molar-refractivity contribution is -0.141. The van der Waals surface area contributed by atoms with Crippen molar-refractivity contribution >= 4 is 11.9 Å². The van der Waals surface area contributed by atoms with Crippen molar-refractivity contribution in [2.45, 2.75) is 46.0 Å². The second-order valence-corrected chi connectivity index (χ2v) is 5.67. The Morgan fingerprint density at radius 1 is 1.04 bits per heavy atom. The Hall–Kier alpha value is -2.04. The number of amides is 1. The highest BCUT2D eigenvalue weighted by Crippen LogP contribution is 2.13. The SMILES string of the molecule is CCCCCN(CCC(=O)OC)C(=O)Cc1ccc(OCC)cc1. The monoisotopic (exact) mass is 335 g/mol. The lowest BCUT2D eigenvalue weighted by Gasteiger charge is -2.22. The van der Waals surface area contributed by atoms with E-state index in [0.717, 1.165) is 30.6 Å². The van der Waals surface area contributed by atoms with Gasteiger partial charge in [0.25, 0.3) is 0 Å². The molecule has 1 rings (SSSR count). The third-order valence-electron chi connectivity index (χ3n) is 3.79. The zero-order chi connectivity index (χ0) is 17.8. The molecular formula is C19H29NO4. The summed E-state index contributed by atoms with van der Waals surface area (Å²) in [5.41, 5.74) is 0.946. The molecule has 1 aromatic carbocycles. The van der Waals surface area contributed by atoms with Gasteiger partial charge in [-0.3, -0.25) is 9.59 Å². The van der Waals surface area contributed by atoms with Gasteiger partial charge in [-0.1, -0.05) is 31.9 Å². The van der Waals surface area contributed by atoms with Crippen molar-refractivity contribution in [1.82, 2.24) is 4.90 Å². The van der Waals surface area contributed by atoms with Gasteiger partial charge in [0.1, 0.15) is 5.75 Å². The van der Waals surface area contributed by atoms with Gasteiger partial charge in [-0.2, -0.15) is 0 Å². The predicted molar refractivity (Wildman–Crippen MR) is 94.1 cm³/mol. The number of carbonyl (C=O) groups is 2. The van der Waals surface area contributed by atoms with Crippen molar-refractivity contribution < 1.29 is 19.1 Å². The van der Waals surface area contributed by atoms with Crippen molar-refractivity contribution in [2.24, 2.45) is 0 Å². The second-order valence-electron chi connectivity index (χ2n) is 5.67. The number of rotatable bonds is 11. The van der Waals surface area contributed by atoms with Crippen LogP contribution in [0.2, 0.25) is 0 Å². The smallest absolute Gasteiger partial charge is 0.307 e. The van der Waals surface area contributed by atoms with Gasteiger partial charge in [0, 0.05) is 13.1 Å². The van der Waals surface area contributed by atoms with E-state index >= 15 is 0 Å². The Bertz CT molecular complexity index is 499. The molecule has 5 nitrogen and oxygen atoms in total. The maximum Gasteiger partial charge on any atom is 0.307 e. The van der Waals surface area contributed by atoms with Crippen LogP contribution in [-0.2, 0) is 20.7 Å². The predicted octanol–water partition coefficient (Wildman–Crippen LogP) is 3.21. The molecule has 0 heterocycles. The van der Waals surface area contributed by atoms with Gasteiger partial charge in [0.15, 0.2) is 0 Å². The number of hydrogen-bond acceptors (Lipinski definition) is 4. The Morgan fingerprint density at radius 2 is 1.75 bits per heavy atom. The first-order valence-electron chi connectivity index (χ1n) is 8.67.